The van der Waals surface area contributed by atoms with Crippen LogP contribution in [0.5, 0.6) is 0 Å². The highest BCUT2D eigenvalue weighted by Gasteiger charge is 2.38. The molecule has 0 radical (unpaired) electrons. The molecule has 1 saturated heterocycles. The van der Waals surface area contributed by atoms with Gasteiger partial charge in [-0.1, -0.05) is 42.8 Å². The van der Waals surface area contributed by atoms with E-state index in [4.69, 9.17) is 9.98 Å². The highest BCUT2D eigenvalue weighted by Crippen LogP contribution is 2.43. The third-order valence-electron chi connectivity index (χ3n) is 6.69. The average molecular weight is 421 g/mol. The van der Waals surface area contributed by atoms with Gasteiger partial charge in [-0.25, -0.2) is 9.98 Å². The van der Waals surface area contributed by atoms with Crippen LogP contribution < -0.4 is 15.5 Å². The van der Waals surface area contributed by atoms with Gasteiger partial charge >= 0.3 is 0 Å². The van der Waals surface area contributed by atoms with E-state index in [0.29, 0.717) is 6.54 Å². The number of pyridine rings is 1. The highest BCUT2D eigenvalue weighted by molar-refractivity contribution is 5.79. The van der Waals surface area contributed by atoms with Crippen molar-refractivity contribution >= 4 is 11.8 Å². The molecule has 1 aromatic heterocycles. The van der Waals surface area contributed by atoms with E-state index in [1.54, 1.807) is 0 Å². The zero-order chi connectivity index (χ0) is 21.5. The fourth-order valence-electron chi connectivity index (χ4n) is 4.46. The van der Waals surface area contributed by atoms with Gasteiger partial charge in [0.15, 0.2) is 5.96 Å². The molecule has 166 valence electrons. The standard InChI is InChI=1S/C25H36N6/c1-3-26-24(29-20-25(12-7-13-25)22-8-5-4-6-9-22)28-19-21-10-11-23(27-18-21)31-16-14-30(2)15-17-31/h4-6,8-11,18H,3,7,12-17,19-20H2,1-2H3,(H2,26,28,29). The molecule has 2 aliphatic rings. The Hall–Kier alpha value is -2.60. The van der Waals surface area contributed by atoms with E-state index in [2.05, 4.69) is 76.9 Å². The van der Waals surface area contributed by atoms with Gasteiger partial charge < -0.3 is 20.4 Å². The van der Waals surface area contributed by atoms with Gasteiger partial charge in [0.1, 0.15) is 5.82 Å². The molecule has 1 aromatic carbocycles. The second-order valence-corrected chi connectivity index (χ2v) is 8.86. The number of hydrogen-bond donors (Lipinski definition) is 2. The summed E-state index contributed by atoms with van der Waals surface area (Å²) in [5.74, 6) is 1.95. The van der Waals surface area contributed by atoms with Crippen LogP contribution in [0, 0.1) is 0 Å². The number of nitrogens with one attached hydrogen (secondary N) is 2. The normalized spacial score (nSPS) is 19.0. The molecule has 1 aliphatic heterocycles. The molecule has 2 heterocycles. The Bertz CT molecular complexity index is 836. The van der Waals surface area contributed by atoms with Gasteiger partial charge in [-0.2, -0.15) is 0 Å². The van der Waals surface area contributed by atoms with E-state index in [-0.39, 0.29) is 5.41 Å². The lowest BCUT2D eigenvalue weighted by Gasteiger charge is -2.43. The maximum atomic E-state index is 4.83. The lowest BCUT2D eigenvalue weighted by atomic mass is 9.64. The minimum absolute atomic E-state index is 0.239. The SMILES string of the molecule is CCNC(=NCc1ccc(N2CCN(C)CC2)nc1)NCC1(c2ccccc2)CCC1. The summed E-state index contributed by atoms with van der Waals surface area (Å²) in [7, 11) is 2.18. The lowest BCUT2D eigenvalue weighted by Crippen LogP contribution is -2.48. The van der Waals surface area contributed by atoms with Crippen LogP contribution in [-0.4, -0.2) is 62.2 Å². The first-order valence-electron chi connectivity index (χ1n) is 11.6. The molecule has 0 bridgehead atoms. The monoisotopic (exact) mass is 420 g/mol. The van der Waals surface area contributed by atoms with E-state index in [1.807, 2.05) is 6.20 Å². The summed E-state index contributed by atoms with van der Waals surface area (Å²) in [6, 6.07) is 15.2. The van der Waals surface area contributed by atoms with E-state index in [9.17, 15) is 0 Å². The van der Waals surface area contributed by atoms with Gasteiger partial charge in [0, 0.05) is 50.9 Å². The molecule has 2 fully saturated rings. The summed E-state index contributed by atoms with van der Waals surface area (Å²) in [4.78, 5) is 14.2. The number of piperazine rings is 1. The molecule has 1 saturated carbocycles. The molecule has 0 spiro atoms. The zero-order valence-corrected chi connectivity index (χ0v) is 19.0. The Morgan fingerprint density at radius 2 is 1.81 bits per heavy atom. The fourth-order valence-corrected chi connectivity index (χ4v) is 4.46. The third-order valence-corrected chi connectivity index (χ3v) is 6.69. The molecular weight excluding hydrogens is 384 g/mol. The number of nitrogens with zero attached hydrogens (tertiary/aromatic N) is 4. The first-order chi connectivity index (χ1) is 15.2. The van der Waals surface area contributed by atoms with Crippen LogP contribution in [0.15, 0.2) is 53.7 Å². The molecule has 6 heteroatoms. The Kier molecular flexibility index (Phi) is 7.07. The number of anilines is 1. The van der Waals surface area contributed by atoms with E-state index >= 15 is 0 Å². The molecule has 0 amide bonds. The predicted octanol–water partition coefficient (Wildman–Crippen LogP) is 3.01. The largest absolute Gasteiger partial charge is 0.357 e. The number of rotatable bonds is 7. The van der Waals surface area contributed by atoms with Crippen molar-refractivity contribution < 1.29 is 0 Å². The van der Waals surface area contributed by atoms with Gasteiger partial charge in [0.05, 0.1) is 6.54 Å². The summed E-state index contributed by atoms with van der Waals surface area (Å²) >= 11 is 0. The highest BCUT2D eigenvalue weighted by atomic mass is 15.3. The van der Waals surface area contributed by atoms with Crippen LogP contribution in [0.3, 0.4) is 0 Å². The van der Waals surface area contributed by atoms with Crippen molar-refractivity contribution in [3.05, 3.63) is 59.8 Å². The summed E-state index contributed by atoms with van der Waals surface area (Å²) in [5, 5.41) is 7.00. The van der Waals surface area contributed by atoms with Gasteiger partial charge in [-0.3, -0.25) is 0 Å². The van der Waals surface area contributed by atoms with Crippen molar-refractivity contribution in [3.8, 4) is 0 Å². The second-order valence-electron chi connectivity index (χ2n) is 8.86. The van der Waals surface area contributed by atoms with Crippen molar-refractivity contribution in [2.75, 3.05) is 51.2 Å². The van der Waals surface area contributed by atoms with Gasteiger partial charge in [0.25, 0.3) is 0 Å². The number of aliphatic imine (C=N–C) groups is 1. The average Bonchev–Trinajstić information content (AvgIpc) is 2.78. The molecule has 2 aromatic rings. The van der Waals surface area contributed by atoms with Crippen molar-refractivity contribution in [2.24, 2.45) is 4.99 Å². The molecule has 0 unspecified atom stereocenters. The molecule has 31 heavy (non-hydrogen) atoms. The van der Waals surface area contributed by atoms with Crippen LogP contribution in [0.1, 0.15) is 37.3 Å². The summed E-state index contributed by atoms with van der Waals surface area (Å²) in [6.45, 7) is 8.78. The maximum Gasteiger partial charge on any atom is 0.191 e. The summed E-state index contributed by atoms with van der Waals surface area (Å²) < 4.78 is 0. The molecule has 1 aliphatic carbocycles. The van der Waals surface area contributed by atoms with E-state index in [1.165, 1.54) is 24.8 Å². The number of aromatic nitrogens is 1. The number of likely N-dealkylation sites (N-methyl/N-ethyl adjacent to an activating group) is 1. The topological polar surface area (TPSA) is 55.8 Å². The van der Waals surface area contributed by atoms with Crippen molar-refractivity contribution in [3.63, 3.8) is 0 Å². The first kappa shape index (κ1) is 21.6. The summed E-state index contributed by atoms with van der Waals surface area (Å²) in [5.41, 5.74) is 2.81. The minimum Gasteiger partial charge on any atom is -0.357 e. The molecule has 0 atom stereocenters. The fraction of sp³-hybridized carbons (Fsp3) is 0.520. The molecule has 2 N–H and O–H groups in total. The first-order valence-corrected chi connectivity index (χ1v) is 11.6. The van der Waals surface area contributed by atoms with Gasteiger partial charge in [-0.05, 0) is 44.0 Å². The Balaban J connectivity index is 1.35. The number of hydrogen-bond acceptors (Lipinski definition) is 4. The minimum atomic E-state index is 0.239. The van der Waals surface area contributed by atoms with E-state index in [0.717, 1.165) is 56.6 Å². The molecule has 6 nitrogen and oxygen atoms in total. The Morgan fingerprint density at radius 1 is 1.03 bits per heavy atom. The number of benzene rings is 1. The van der Waals surface area contributed by atoms with Crippen LogP contribution in [-0.2, 0) is 12.0 Å². The van der Waals surface area contributed by atoms with E-state index < -0.39 is 0 Å². The van der Waals surface area contributed by atoms with Crippen LogP contribution in [0.25, 0.3) is 0 Å². The Labute approximate surface area is 186 Å². The van der Waals surface area contributed by atoms with Crippen molar-refractivity contribution in [1.29, 1.82) is 0 Å². The quantitative estimate of drug-likeness (QED) is 0.533. The molecule has 4 rings (SSSR count). The Morgan fingerprint density at radius 3 is 2.42 bits per heavy atom. The third kappa shape index (κ3) is 5.37. The lowest BCUT2D eigenvalue weighted by molar-refractivity contribution is 0.244. The predicted molar refractivity (Wildman–Crippen MR) is 129 cm³/mol. The van der Waals surface area contributed by atoms with Crippen molar-refractivity contribution in [2.45, 2.75) is 38.1 Å². The summed E-state index contributed by atoms with van der Waals surface area (Å²) in [6.07, 6.45) is 5.75. The second kappa shape index (κ2) is 10.1. The van der Waals surface area contributed by atoms with Gasteiger partial charge in [-0.15, -0.1) is 0 Å². The van der Waals surface area contributed by atoms with Crippen LogP contribution in [0.2, 0.25) is 0 Å². The zero-order valence-electron chi connectivity index (χ0n) is 19.0. The number of guanidine groups is 1. The molecular formula is C25H36N6. The van der Waals surface area contributed by atoms with Crippen molar-refractivity contribution in [1.82, 2.24) is 20.5 Å². The van der Waals surface area contributed by atoms with Gasteiger partial charge in [0.2, 0.25) is 0 Å². The maximum absolute atomic E-state index is 4.83. The van der Waals surface area contributed by atoms with Crippen LogP contribution >= 0.6 is 0 Å². The van der Waals surface area contributed by atoms with Crippen LogP contribution in [0.4, 0.5) is 5.82 Å². The smallest absolute Gasteiger partial charge is 0.191 e.